The number of aromatic nitrogens is 4. The number of ether oxygens (including phenoxy) is 1. The molecule has 0 aromatic carbocycles. The summed E-state index contributed by atoms with van der Waals surface area (Å²) in [6.45, 7) is 3.06. The summed E-state index contributed by atoms with van der Waals surface area (Å²) in [6.07, 6.45) is 4.01. The van der Waals surface area contributed by atoms with Crippen LogP contribution in [0.3, 0.4) is 0 Å². The second-order valence-corrected chi connectivity index (χ2v) is 5.71. The highest BCUT2D eigenvalue weighted by molar-refractivity contribution is 5.78. The maximum absolute atomic E-state index is 12.3. The van der Waals surface area contributed by atoms with Gasteiger partial charge in [0.25, 0.3) is 0 Å². The fourth-order valence-electron chi connectivity index (χ4n) is 2.91. The van der Waals surface area contributed by atoms with Crippen LogP contribution in [0.25, 0.3) is 0 Å². The van der Waals surface area contributed by atoms with E-state index in [4.69, 9.17) is 4.74 Å². The molecule has 1 N–H and O–H groups in total. The van der Waals surface area contributed by atoms with Gasteiger partial charge in [0.1, 0.15) is 11.6 Å². The standard InChI is InChI=1S/C16H21N5O2/c1-11-19-14-6-5-13(10-21(14)20-11)15(22)17-9-7-12-4-3-8-18-16(12)23-2/h3-4,8,13H,5-7,9-10H2,1-2H3,(H,17,22). The summed E-state index contributed by atoms with van der Waals surface area (Å²) in [7, 11) is 1.60. The van der Waals surface area contributed by atoms with Gasteiger partial charge in [0.05, 0.1) is 19.6 Å². The average Bonchev–Trinajstić information content (AvgIpc) is 2.94. The van der Waals surface area contributed by atoms with Crippen molar-refractivity contribution in [2.75, 3.05) is 13.7 Å². The first kappa shape index (κ1) is 15.5. The van der Waals surface area contributed by atoms with Crippen molar-refractivity contribution in [1.82, 2.24) is 25.1 Å². The molecule has 1 aliphatic rings. The van der Waals surface area contributed by atoms with E-state index in [1.165, 1.54) is 0 Å². The zero-order valence-electron chi connectivity index (χ0n) is 13.5. The van der Waals surface area contributed by atoms with Crippen molar-refractivity contribution < 1.29 is 9.53 Å². The maximum Gasteiger partial charge on any atom is 0.225 e. The van der Waals surface area contributed by atoms with E-state index in [2.05, 4.69) is 20.4 Å². The van der Waals surface area contributed by atoms with Gasteiger partial charge < -0.3 is 10.1 Å². The monoisotopic (exact) mass is 315 g/mol. The van der Waals surface area contributed by atoms with Gasteiger partial charge in [-0.2, -0.15) is 5.10 Å². The van der Waals surface area contributed by atoms with Crippen molar-refractivity contribution in [3.63, 3.8) is 0 Å². The van der Waals surface area contributed by atoms with Crippen LogP contribution < -0.4 is 10.1 Å². The molecule has 23 heavy (non-hydrogen) atoms. The van der Waals surface area contributed by atoms with Crippen LogP contribution in [0.15, 0.2) is 18.3 Å². The number of nitrogens with one attached hydrogen (secondary N) is 1. The van der Waals surface area contributed by atoms with Crippen LogP contribution in [-0.4, -0.2) is 39.3 Å². The lowest BCUT2D eigenvalue weighted by atomic mass is 9.99. The van der Waals surface area contributed by atoms with Gasteiger partial charge in [-0.1, -0.05) is 6.07 Å². The Balaban J connectivity index is 1.52. The lowest BCUT2D eigenvalue weighted by Crippen LogP contribution is -2.37. The van der Waals surface area contributed by atoms with E-state index in [9.17, 15) is 4.79 Å². The van der Waals surface area contributed by atoms with Gasteiger partial charge in [-0.3, -0.25) is 4.79 Å². The second kappa shape index (κ2) is 6.76. The predicted octanol–water partition coefficient (Wildman–Crippen LogP) is 0.911. The molecule has 0 saturated carbocycles. The SMILES string of the molecule is COc1ncccc1CCNC(=O)C1CCc2nc(C)nn2C1. The molecule has 0 fully saturated rings. The van der Waals surface area contributed by atoms with Crippen LogP contribution in [0.4, 0.5) is 0 Å². The minimum absolute atomic E-state index is 0.0422. The van der Waals surface area contributed by atoms with Crippen molar-refractivity contribution in [2.45, 2.75) is 32.7 Å². The highest BCUT2D eigenvalue weighted by Crippen LogP contribution is 2.19. The number of pyridine rings is 1. The molecule has 0 spiro atoms. The molecule has 0 saturated heterocycles. The smallest absolute Gasteiger partial charge is 0.225 e. The Kier molecular flexibility index (Phi) is 4.55. The molecule has 7 nitrogen and oxygen atoms in total. The van der Waals surface area contributed by atoms with Crippen LogP contribution in [-0.2, 0) is 24.2 Å². The molecule has 3 rings (SSSR count). The lowest BCUT2D eigenvalue weighted by Gasteiger charge is -2.21. The second-order valence-electron chi connectivity index (χ2n) is 5.71. The molecule has 0 radical (unpaired) electrons. The number of carbonyl (C=O) groups excluding carboxylic acids is 1. The first-order chi connectivity index (χ1) is 11.2. The van der Waals surface area contributed by atoms with Gasteiger partial charge >= 0.3 is 0 Å². The molecule has 2 aromatic rings. The Bertz CT molecular complexity index is 698. The number of aryl methyl sites for hydroxylation is 2. The third-order valence-electron chi connectivity index (χ3n) is 4.07. The van der Waals surface area contributed by atoms with Crippen molar-refractivity contribution in [3.05, 3.63) is 35.5 Å². The number of carbonyl (C=O) groups is 1. The molecule has 1 unspecified atom stereocenters. The summed E-state index contributed by atoms with van der Waals surface area (Å²) in [5.41, 5.74) is 0.994. The first-order valence-corrected chi connectivity index (χ1v) is 7.83. The number of hydrogen-bond donors (Lipinski definition) is 1. The average molecular weight is 315 g/mol. The number of nitrogens with zero attached hydrogens (tertiary/aromatic N) is 4. The zero-order chi connectivity index (χ0) is 16.2. The fourth-order valence-corrected chi connectivity index (χ4v) is 2.91. The van der Waals surface area contributed by atoms with E-state index in [0.29, 0.717) is 25.4 Å². The zero-order valence-corrected chi connectivity index (χ0v) is 13.5. The number of hydrogen-bond acceptors (Lipinski definition) is 5. The van der Waals surface area contributed by atoms with Gasteiger partial charge in [0.15, 0.2) is 0 Å². The molecule has 122 valence electrons. The Hall–Kier alpha value is -2.44. The van der Waals surface area contributed by atoms with Crippen LogP contribution in [0.2, 0.25) is 0 Å². The van der Waals surface area contributed by atoms with Crippen molar-refractivity contribution in [2.24, 2.45) is 5.92 Å². The lowest BCUT2D eigenvalue weighted by molar-refractivity contribution is -0.126. The number of fused-ring (bicyclic) bond motifs is 1. The van der Waals surface area contributed by atoms with Gasteiger partial charge in [-0.15, -0.1) is 0 Å². The minimum atomic E-state index is -0.0422. The van der Waals surface area contributed by atoms with Gasteiger partial charge in [0.2, 0.25) is 11.8 Å². The summed E-state index contributed by atoms with van der Waals surface area (Å²) in [5, 5.41) is 7.34. The Morgan fingerprint density at radius 1 is 1.52 bits per heavy atom. The fraction of sp³-hybridized carbons (Fsp3) is 0.500. The molecule has 1 amide bonds. The van der Waals surface area contributed by atoms with Crippen molar-refractivity contribution >= 4 is 5.91 Å². The van der Waals surface area contributed by atoms with E-state index in [0.717, 1.165) is 30.1 Å². The Labute approximate surface area is 135 Å². The minimum Gasteiger partial charge on any atom is -0.481 e. The van der Waals surface area contributed by atoms with Crippen LogP contribution in [0.5, 0.6) is 5.88 Å². The molecule has 2 aromatic heterocycles. The first-order valence-electron chi connectivity index (χ1n) is 7.83. The molecule has 3 heterocycles. The number of methoxy groups -OCH3 is 1. The maximum atomic E-state index is 12.3. The molecule has 1 atom stereocenters. The normalized spacial score (nSPS) is 16.7. The van der Waals surface area contributed by atoms with Crippen molar-refractivity contribution in [1.29, 1.82) is 0 Å². The topological polar surface area (TPSA) is 81.9 Å². The van der Waals surface area contributed by atoms with Crippen LogP contribution in [0.1, 0.15) is 23.6 Å². The summed E-state index contributed by atoms with van der Waals surface area (Å²) < 4.78 is 7.07. The Morgan fingerprint density at radius 3 is 3.22 bits per heavy atom. The van der Waals surface area contributed by atoms with E-state index in [1.807, 2.05) is 23.7 Å². The summed E-state index contributed by atoms with van der Waals surface area (Å²) in [6, 6.07) is 3.83. The van der Waals surface area contributed by atoms with E-state index < -0.39 is 0 Å². The highest BCUT2D eigenvalue weighted by atomic mass is 16.5. The molecule has 0 bridgehead atoms. The van der Waals surface area contributed by atoms with Crippen molar-refractivity contribution in [3.8, 4) is 5.88 Å². The number of rotatable bonds is 5. The quantitative estimate of drug-likeness (QED) is 0.887. The van der Waals surface area contributed by atoms with E-state index in [1.54, 1.807) is 13.3 Å². The molecular weight excluding hydrogens is 294 g/mol. The van der Waals surface area contributed by atoms with Crippen LogP contribution >= 0.6 is 0 Å². The largest absolute Gasteiger partial charge is 0.481 e. The third kappa shape index (κ3) is 3.49. The molecule has 0 aliphatic carbocycles. The van der Waals surface area contributed by atoms with E-state index >= 15 is 0 Å². The van der Waals surface area contributed by atoms with Gasteiger partial charge in [-0.25, -0.2) is 14.6 Å². The molecular formula is C16H21N5O2. The summed E-state index contributed by atoms with van der Waals surface area (Å²) >= 11 is 0. The molecule has 7 heteroatoms. The summed E-state index contributed by atoms with van der Waals surface area (Å²) in [4.78, 5) is 20.9. The van der Waals surface area contributed by atoms with Gasteiger partial charge in [-0.05, 0) is 25.8 Å². The molecule has 1 aliphatic heterocycles. The Morgan fingerprint density at radius 2 is 2.39 bits per heavy atom. The van der Waals surface area contributed by atoms with E-state index in [-0.39, 0.29) is 11.8 Å². The number of amides is 1. The predicted molar refractivity (Wildman–Crippen MR) is 84.1 cm³/mol. The summed E-state index contributed by atoms with van der Waals surface area (Å²) in [5.74, 6) is 2.39. The highest BCUT2D eigenvalue weighted by Gasteiger charge is 2.26. The third-order valence-corrected chi connectivity index (χ3v) is 4.07. The van der Waals surface area contributed by atoms with Gasteiger partial charge in [0, 0.05) is 24.7 Å². The van der Waals surface area contributed by atoms with Crippen LogP contribution in [0, 0.1) is 12.8 Å².